The Bertz CT molecular complexity index is 770. The van der Waals surface area contributed by atoms with Crippen LogP contribution in [0.4, 0.5) is 0 Å². The van der Waals surface area contributed by atoms with Gasteiger partial charge in [-0.25, -0.2) is 8.42 Å². The third kappa shape index (κ3) is 4.43. The largest absolute Gasteiger partial charge is 0.300 e. The van der Waals surface area contributed by atoms with E-state index in [-0.39, 0.29) is 18.4 Å². The van der Waals surface area contributed by atoms with Crippen molar-refractivity contribution < 1.29 is 8.42 Å². The third-order valence-electron chi connectivity index (χ3n) is 7.40. The smallest absolute Gasteiger partial charge is 0.243 e. The lowest BCUT2D eigenvalue weighted by molar-refractivity contribution is 0.0571. The summed E-state index contributed by atoms with van der Waals surface area (Å²) in [6.07, 6.45) is 10.1. The maximum atomic E-state index is 13.1. The minimum atomic E-state index is -3.40. The van der Waals surface area contributed by atoms with Crippen LogP contribution in [-0.4, -0.2) is 49.8 Å². The van der Waals surface area contributed by atoms with Crippen molar-refractivity contribution in [3.8, 4) is 0 Å². The van der Waals surface area contributed by atoms with Gasteiger partial charge in [0.1, 0.15) is 0 Å². The molecule has 1 aliphatic heterocycles. The van der Waals surface area contributed by atoms with Gasteiger partial charge in [-0.3, -0.25) is 0 Å². The van der Waals surface area contributed by atoms with E-state index in [1.54, 1.807) is 23.5 Å². The molecule has 0 amide bonds. The average molecular weight is 427 g/mol. The highest BCUT2D eigenvalue weighted by atomic mass is 35.5. The monoisotopic (exact) mass is 426 g/mol. The van der Waals surface area contributed by atoms with E-state index in [1.165, 1.54) is 45.2 Å². The van der Waals surface area contributed by atoms with Crippen LogP contribution >= 0.6 is 12.4 Å². The molecule has 1 aromatic carbocycles. The average Bonchev–Trinajstić information content (AvgIpc) is 3.17. The summed E-state index contributed by atoms with van der Waals surface area (Å²) in [7, 11) is -1.63. The van der Waals surface area contributed by atoms with Gasteiger partial charge in [0.25, 0.3) is 0 Å². The van der Waals surface area contributed by atoms with E-state index in [2.05, 4.69) is 4.90 Å². The SMILES string of the molecule is Cc1cccc(S(=O)(=O)N(C)[C@@H]2CC[C@H](N3CC[C@H]4CCCC[C@H]4C3)C2)c1.Cl. The van der Waals surface area contributed by atoms with E-state index in [0.29, 0.717) is 10.9 Å². The molecule has 158 valence electrons. The number of hydrogen-bond acceptors (Lipinski definition) is 3. The molecule has 0 bridgehead atoms. The quantitative estimate of drug-likeness (QED) is 0.713. The van der Waals surface area contributed by atoms with Gasteiger partial charge in [-0.1, -0.05) is 31.4 Å². The maximum Gasteiger partial charge on any atom is 0.243 e. The predicted molar refractivity (Wildman–Crippen MR) is 116 cm³/mol. The highest BCUT2D eigenvalue weighted by Crippen LogP contribution is 2.39. The Hall–Kier alpha value is -0.620. The molecule has 6 heteroatoms. The second kappa shape index (κ2) is 9.03. The second-order valence-electron chi connectivity index (χ2n) is 9.05. The summed E-state index contributed by atoms with van der Waals surface area (Å²) in [6, 6.07) is 7.98. The highest BCUT2D eigenvalue weighted by molar-refractivity contribution is 7.89. The molecule has 4 rings (SSSR count). The molecule has 0 radical (unpaired) electrons. The third-order valence-corrected chi connectivity index (χ3v) is 9.30. The number of fused-ring (bicyclic) bond motifs is 1. The number of aryl methyl sites for hydroxylation is 1. The van der Waals surface area contributed by atoms with Crippen LogP contribution in [0.1, 0.15) is 56.9 Å². The highest BCUT2D eigenvalue weighted by Gasteiger charge is 2.39. The molecule has 0 aromatic heterocycles. The lowest BCUT2D eigenvalue weighted by Crippen LogP contribution is -2.46. The molecular weight excluding hydrogens is 392 g/mol. The molecule has 0 N–H and O–H groups in total. The Morgan fingerprint density at radius 3 is 2.54 bits per heavy atom. The molecule has 3 fully saturated rings. The molecule has 0 unspecified atom stereocenters. The summed E-state index contributed by atoms with van der Waals surface area (Å²) in [4.78, 5) is 3.12. The topological polar surface area (TPSA) is 40.6 Å². The minimum Gasteiger partial charge on any atom is -0.300 e. The summed E-state index contributed by atoms with van der Waals surface area (Å²) in [5.74, 6) is 1.84. The fourth-order valence-corrected chi connectivity index (χ4v) is 7.20. The van der Waals surface area contributed by atoms with Crippen molar-refractivity contribution >= 4 is 22.4 Å². The van der Waals surface area contributed by atoms with Gasteiger partial charge in [0.15, 0.2) is 0 Å². The van der Waals surface area contributed by atoms with Gasteiger partial charge >= 0.3 is 0 Å². The first-order valence-corrected chi connectivity index (χ1v) is 12.2. The number of nitrogens with zero attached hydrogens (tertiary/aromatic N) is 2. The summed E-state index contributed by atoms with van der Waals surface area (Å²) >= 11 is 0. The molecule has 28 heavy (non-hydrogen) atoms. The van der Waals surface area contributed by atoms with Gasteiger partial charge in [0.2, 0.25) is 10.0 Å². The first-order chi connectivity index (χ1) is 12.9. The van der Waals surface area contributed by atoms with Crippen molar-refractivity contribution in [2.45, 2.75) is 75.3 Å². The molecule has 0 spiro atoms. The molecule has 1 aromatic rings. The van der Waals surface area contributed by atoms with E-state index >= 15 is 0 Å². The van der Waals surface area contributed by atoms with Crippen LogP contribution in [0.2, 0.25) is 0 Å². The summed E-state index contributed by atoms with van der Waals surface area (Å²) in [5.41, 5.74) is 0.990. The zero-order valence-electron chi connectivity index (χ0n) is 17.2. The van der Waals surface area contributed by atoms with E-state index in [4.69, 9.17) is 0 Å². The Morgan fingerprint density at radius 2 is 1.79 bits per heavy atom. The van der Waals surface area contributed by atoms with Crippen LogP contribution < -0.4 is 0 Å². The molecule has 4 nitrogen and oxygen atoms in total. The van der Waals surface area contributed by atoms with Crippen molar-refractivity contribution in [3.05, 3.63) is 29.8 Å². The van der Waals surface area contributed by atoms with Gasteiger partial charge < -0.3 is 4.90 Å². The molecule has 2 aliphatic carbocycles. The summed E-state index contributed by atoms with van der Waals surface area (Å²) < 4.78 is 27.8. The number of hydrogen-bond donors (Lipinski definition) is 0. The minimum absolute atomic E-state index is 0. The van der Waals surface area contributed by atoms with Crippen LogP contribution in [0.25, 0.3) is 0 Å². The predicted octanol–water partition coefficient (Wildman–Crippen LogP) is 4.47. The fourth-order valence-electron chi connectivity index (χ4n) is 5.70. The van der Waals surface area contributed by atoms with Crippen molar-refractivity contribution in [1.82, 2.24) is 9.21 Å². The Balaban J connectivity index is 0.00000225. The first kappa shape index (κ1) is 22.1. The lowest BCUT2D eigenvalue weighted by Gasteiger charge is -2.43. The van der Waals surface area contributed by atoms with Crippen LogP contribution in [0.5, 0.6) is 0 Å². The fraction of sp³-hybridized carbons (Fsp3) is 0.727. The van der Waals surface area contributed by atoms with Crippen molar-refractivity contribution in [1.29, 1.82) is 0 Å². The number of halogens is 1. The standard InChI is InChI=1S/C22H34N2O2S.ClH/c1-17-6-5-9-22(14-17)27(25,26)23(2)20-10-11-21(15-20)24-13-12-18-7-3-4-8-19(18)16-24;/h5-6,9,14,18-21H,3-4,7-8,10-13,15-16H2,1-2H3;1H/t18-,19+,20-,21+;/m1./s1. The number of likely N-dealkylation sites (tertiary alicyclic amines) is 1. The van der Waals surface area contributed by atoms with E-state index in [1.807, 2.05) is 19.1 Å². The molecule has 4 atom stereocenters. The van der Waals surface area contributed by atoms with Gasteiger partial charge in [0, 0.05) is 25.7 Å². The number of sulfonamides is 1. The van der Waals surface area contributed by atoms with E-state index in [0.717, 1.165) is 36.7 Å². The van der Waals surface area contributed by atoms with Crippen molar-refractivity contribution in [2.24, 2.45) is 11.8 Å². The van der Waals surface area contributed by atoms with Crippen LogP contribution in [-0.2, 0) is 10.0 Å². The van der Waals surface area contributed by atoms with Crippen LogP contribution in [0, 0.1) is 18.8 Å². The number of benzene rings is 1. The van der Waals surface area contributed by atoms with Crippen LogP contribution in [0.15, 0.2) is 29.2 Å². The van der Waals surface area contributed by atoms with Gasteiger partial charge in [-0.15, -0.1) is 12.4 Å². The Labute approximate surface area is 177 Å². The molecule has 2 saturated carbocycles. The number of piperidine rings is 1. The van der Waals surface area contributed by atoms with E-state index in [9.17, 15) is 8.42 Å². The second-order valence-corrected chi connectivity index (χ2v) is 11.0. The molecule has 1 saturated heterocycles. The summed E-state index contributed by atoms with van der Waals surface area (Å²) in [6.45, 7) is 4.41. The maximum absolute atomic E-state index is 13.1. The molecule has 3 aliphatic rings. The summed E-state index contributed by atoms with van der Waals surface area (Å²) in [5, 5.41) is 0. The van der Waals surface area contributed by atoms with Gasteiger partial charge in [0.05, 0.1) is 4.90 Å². The molecule has 1 heterocycles. The zero-order chi connectivity index (χ0) is 19.0. The normalized spacial score (nSPS) is 31.4. The lowest BCUT2D eigenvalue weighted by atomic mass is 9.75. The van der Waals surface area contributed by atoms with E-state index < -0.39 is 10.0 Å². The molecular formula is C22H35ClN2O2S. The number of rotatable bonds is 4. The zero-order valence-corrected chi connectivity index (χ0v) is 18.9. The van der Waals surface area contributed by atoms with Crippen molar-refractivity contribution in [2.75, 3.05) is 20.1 Å². The Kier molecular flexibility index (Phi) is 7.12. The first-order valence-electron chi connectivity index (χ1n) is 10.7. The van der Waals surface area contributed by atoms with Crippen LogP contribution in [0.3, 0.4) is 0 Å². The van der Waals surface area contributed by atoms with Gasteiger partial charge in [-0.2, -0.15) is 4.31 Å². The van der Waals surface area contributed by atoms with Crippen molar-refractivity contribution in [3.63, 3.8) is 0 Å². The Morgan fingerprint density at radius 1 is 1.04 bits per heavy atom. The van der Waals surface area contributed by atoms with Gasteiger partial charge in [-0.05, 0) is 75.1 Å².